The van der Waals surface area contributed by atoms with E-state index in [1.165, 1.54) is 38.5 Å². The average Bonchev–Trinajstić information content (AvgIpc) is 3.28. The van der Waals surface area contributed by atoms with Gasteiger partial charge in [-0.25, -0.2) is 4.79 Å². The molecule has 0 N–H and O–H groups in total. The summed E-state index contributed by atoms with van der Waals surface area (Å²) in [5.74, 6) is 0.315. The minimum absolute atomic E-state index is 0.00354. The first-order chi connectivity index (χ1) is 16.9. The van der Waals surface area contributed by atoms with Gasteiger partial charge in [0.05, 0.1) is 37.3 Å². The number of carbonyl (C=O) groups is 2. The first kappa shape index (κ1) is 24.1. The normalized spacial score (nSPS) is 18.6. The van der Waals surface area contributed by atoms with E-state index in [4.69, 9.17) is 14.2 Å². The maximum Gasteiger partial charge on any atom is 0.410 e. The van der Waals surface area contributed by atoms with E-state index >= 15 is 0 Å². The molecule has 2 aliphatic rings. The van der Waals surface area contributed by atoms with Crippen molar-refractivity contribution in [1.82, 2.24) is 9.80 Å². The molecule has 10 nitrogen and oxygen atoms in total. The number of ether oxygens (including phenoxy) is 3. The van der Waals surface area contributed by atoms with Crippen molar-refractivity contribution in [2.24, 2.45) is 0 Å². The second-order valence-electron chi connectivity index (χ2n) is 8.35. The molecule has 2 aliphatic heterocycles. The number of methoxy groups -OCH3 is 2. The summed E-state index contributed by atoms with van der Waals surface area (Å²) in [5, 5.41) is 11.5. The Kier molecular flexibility index (Phi) is 7.19. The second-order valence-corrected chi connectivity index (χ2v) is 8.35. The number of rotatable bonds is 7. The van der Waals surface area contributed by atoms with E-state index in [0.717, 1.165) is 5.56 Å². The van der Waals surface area contributed by atoms with Gasteiger partial charge in [-0.2, -0.15) is 0 Å². The molecule has 0 aromatic heterocycles. The van der Waals surface area contributed by atoms with E-state index < -0.39 is 4.92 Å². The molecule has 10 heteroatoms. The van der Waals surface area contributed by atoms with Crippen molar-refractivity contribution >= 4 is 23.8 Å². The molecule has 2 fully saturated rings. The predicted molar refractivity (Wildman–Crippen MR) is 127 cm³/mol. The van der Waals surface area contributed by atoms with Crippen molar-refractivity contribution in [3.63, 3.8) is 0 Å². The molecule has 0 spiro atoms. The summed E-state index contributed by atoms with van der Waals surface area (Å²) >= 11 is 0. The lowest BCUT2D eigenvalue weighted by Gasteiger charge is -2.35. The Morgan fingerprint density at radius 3 is 2.40 bits per heavy atom. The minimum atomic E-state index is -0.532. The number of piperidine rings is 1. The molecule has 35 heavy (non-hydrogen) atoms. The predicted octanol–water partition coefficient (Wildman–Crippen LogP) is 3.81. The summed E-state index contributed by atoms with van der Waals surface area (Å²) < 4.78 is 15.9. The molecule has 1 atom stereocenters. The number of hydrogen-bond donors (Lipinski definition) is 0. The number of nitrogens with zero attached hydrogens (tertiary/aromatic N) is 3. The summed E-state index contributed by atoms with van der Waals surface area (Å²) in [6.07, 6.45) is 3.38. The van der Waals surface area contributed by atoms with E-state index in [-0.39, 0.29) is 41.1 Å². The maximum absolute atomic E-state index is 12.8. The van der Waals surface area contributed by atoms with Gasteiger partial charge in [-0.1, -0.05) is 30.3 Å². The van der Waals surface area contributed by atoms with Crippen LogP contribution < -0.4 is 9.47 Å². The van der Waals surface area contributed by atoms with Crippen LogP contribution in [0.15, 0.2) is 48.5 Å². The van der Waals surface area contributed by atoms with Crippen molar-refractivity contribution in [2.75, 3.05) is 33.9 Å². The number of hydrogen-bond acceptors (Lipinski definition) is 7. The van der Waals surface area contributed by atoms with Gasteiger partial charge >= 0.3 is 6.09 Å². The molecule has 2 aromatic rings. The lowest BCUT2D eigenvalue weighted by molar-refractivity contribution is -0.385. The molecule has 2 amide bonds. The van der Waals surface area contributed by atoms with E-state index in [1.807, 2.05) is 30.3 Å². The van der Waals surface area contributed by atoms with Crippen molar-refractivity contribution in [1.29, 1.82) is 0 Å². The molecule has 4 rings (SSSR count). The fraction of sp³-hybridized carbons (Fsp3) is 0.360. The molecule has 2 saturated heterocycles. The first-order valence-corrected chi connectivity index (χ1v) is 11.3. The van der Waals surface area contributed by atoms with Crippen molar-refractivity contribution < 1.29 is 28.7 Å². The van der Waals surface area contributed by atoms with Crippen LogP contribution in [-0.4, -0.2) is 66.6 Å². The zero-order valence-corrected chi connectivity index (χ0v) is 19.6. The number of cyclic esters (lactones) is 1. The number of nitro groups is 1. The van der Waals surface area contributed by atoms with Gasteiger partial charge in [0.1, 0.15) is 6.10 Å². The van der Waals surface area contributed by atoms with E-state index in [0.29, 0.717) is 38.2 Å². The highest BCUT2D eigenvalue weighted by Crippen LogP contribution is 2.35. The van der Waals surface area contributed by atoms with Crippen molar-refractivity contribution in [2.45, 2.75) is 25.0 Å². The van der Waals surface area contributed by atoms with Gasteiger partial charge in [-0.15, -0.1) is 0 Å². The molecule has 0 bridgehead atoms. The van der Waals surface area contributed by atoms with Gasteiger partial charge < -0.3 is 24.0 Å². The van der Waals surface area contributed by atoms with E-state index in [9.17, 15) is 19.7 Å². The van der Waals surface area contributed by atoms with Gasteiger partial charge in [-0.05, 0) is 30.5 Å². The Morgan fingerprint density at radius 1 is 1.11 bits per heavy atom. The van der Waals surface area contributed by atoms with E-state index in [1.54, 1.807) is 9.80 Å². The molecule has 0 radical (unpaired) electrons. The lowest BCUT2D eigenvalue weighted by atomic mass is 10.0. The summed E-state index contributed by atoms with van der Waals surface area (Å²) in [4.78, 5) is 39.6. The topological polar surface area (TPSA) is 111 Å². The fourth-order valence-corrected chi connectivity index (χ4v) is 4.46. The van der Waals surface area contributed by atoms with Crippen LogP contribution >= 0.6 is 0 Å². The largest absolute Gasteiger partial charge is 0.493 e. The number of benzene rings is 2. The molecular weight excluding hydrogens is 454 g/mol. The number of amides is 2. The van der Waals surface area contributed by atoms with Gasteiger partial charge in [0.15, 0.2) is 11.5 Å². The summed E-state index contributed by atoms with van der Waals surface area (Å²) in [6.45, 7) is 1.44. The van der Waals surface area contributed by atoms with E-state index in [2.05, 4.69) is 0 Å². The Labute approximate surface area is 202 Å². The van der Waals surface area contributed by atoms with Crippen LogP contribution in [0, 0.1) is 10.1 Å². The van der Waals surface area contributed by atoms with Crippen LogP contribution in [0.5, 0.6) is 11.5 Å². The van der Waals surface area contributed by atoms with Crippen LogP contribution in [0.25, 0.3) is 6.08 Å². The summed E-state index contributed by atoms with van der Waals surface area (Å²) in [6, 6.07) is 12.4. The monoisotopic (exact) mass is 481 g/mol. The molecular formula is C25H27N3O7. The van der Waals surface area contributed by atoms with Crippen LogP contribution in [-0.2, 0) is 9.53 Å². The lowest BCUT2D eigenvalue weighted by Crippen LogP contribution is -2.46. The highest BCUT2D eigenvalue weighted by Gasteiger charge is 2.38. The Bertz CT molecular complexity index is 1130. The molecule has 0 aliphatic carbocycles. The standard InChI is InChI=1S/C25H27N3O7/c1-33-21-14-18(20(28(31)32)15-22(21)34-2)8-9-24(29)26-12-10-19(11-13-26)27-16-23(35-25(27)30)17-6-4-3-5-7-17/h3-9,14-15,19,23H,10-13,16H2,1-2H3. The third-order valence-electron chi connectivity index (χ3n) is 6.36. The van der Waals surface area contributed by atoms with Crippen LogP contribution in [0.2, 0.25) is 0 Å². The number of likely N-dealkylation sites (tertiary alicyclic amines) is 1. The fourth-order valence-electron chi connectivity index (χ4n) is 4.46. The van der Waals surface area contributed by atoms with Gasteiger partial charge in [0.2, 0.25) is 5.91 Å². The van der Waals surface area contributed by atoms with Crippen molar-refractivity contribution in [3.05, 3.63) is 69.8 Å². The van der Waals surface area contributed by atoms with Gasteiger partial charge in [0, 0.05) is 25.2 Å². The third kappa shape index (κ3) is 5.21. The molecule has 0 saturated carbocycles. The smallest absolute Gasteiger partial charge is 0.410 e. The molecule has 2 heterocycles. The van der Waals surface area contributed by atoms with Crippen LogP contribution in [0.1, 0.15) is 30.1 Å². The van der Waals surface area contributed by atoms with Gasteiger partial charge in [-0.3, -0.25) is 14.9 Å². The number of carbonyl (C=O) groups excluding carboxylic acids is 2. The third-order valence-corrected chi connectivity index (χ3v) is 6.36. The average molecular weight is 482 g/mol. The number of nitro benzene ring substituents is 1. The zero-order chi connectivity index (χ0) is 24.9. The SMILES string of the molecule is COc1cc(C=CC(=O)N2CCC(N3CC(c4ccccc4)OC3=O)CC2)c([N+](=O)[O-])cc1OC. The summed E-state index contributed by atoms with van der Waals surface area (Å²) in [5.41, 5.74) is 1.01. The Morgan fingerprint density at radius 2 is 1.77 bits per heavy atom. The first-order valence-electron chi connectivity index (χ1n) is 11.3. The summed E-state index contributed by atoms with van der Waals surface area (Å²) in [7, 11) is 2.83. The van der Waals surface area contributed by atoms with Crippen LogP contribution in [0.4, 0.5) is 10.5 Å². The zero-order valence-electron chi connectivity index (χ0n) is 19.6. The second kappa shape index (κ2) is 10.5. The Hall–Kier alpha value is -4.08. The van der Waals surface area contributed by atoms with Crippen LogP contribution in [0.3, 0.4) is 0 Å². The quantitative estimate of drug-likeness (QED) is 0.336. The highest BCUT2D eigenvalue weighted by atomic mass is 16.6. The Balaban J connectivity index is 1.38. The molecule has 184 valence electrons. The molecule has 2 aromatic carbocycles. The minimum Gasteiger partial charge on any atom is -0.493 e. The highest BCUT2D eigenvalue weighted by molar-refractivity contribution is 5.92. The van der Waals surface area contributed by atoms with Crippen molar-refractivity contribution in [3.8, 4) is 11.5 Å². The molecule has 1 unspecified atom stereocenters. The van der Waals surface area contributed by atoms with Gasteiger partial charge in [0.25, 0.3) is 5.69 Å². The maximum atomic E-state index is 12.8.